The first kappa shape index (κ1) is 19.7. The van der Waals surface area contributed by atoms with Gasteiger partial charge in [-0.1, -0.05) is 29.8 Å². The Bertz CT molecular complexity index is 1010. The summed E-state index contributed by atoms with van der Waals surface area (Å²) in [5, 5.41) is 8.49. The number of amides is 1. The molecule has 1 fully saturated rings. The standard InChI is InChI=1S/C21H25ClN6O/c1-26-9-11-27(12-10-26)19(15-5-2-3-6-17(15)22)14-24-20-16(21(23)29)13-25-28-8-4-7-18(20)28/h2-8,13,19,24H,9-12,14H2,1H3,(H2,23,29). The van der Waals surface area contributed by atoms with Crippen molar-refractivity contribution in [3.05, 3.63) is 64.9 Å². The molecule has 3 aromatic rings. The van der Waals surface area contributed by atoms with Crippen LogP contribution < -0.4 is 11.1 Å². The summed E-state index contributed by atoms with van der Waals surface area (Å²) >= 11 is 6.55. The van der Waals surface area contributed by atoms with Crippen LogP contribution in [0.15, 0.2) is 48.8 Å². The van der Waals surface area contributed by atoms with Gasteiger partial charge in [0.2, 0.25) is 0 Å². The molecule has 4 rings (SSSR count). The number of anilines is 1. The van der Waals surface area contributed by atoms with E-state index >= 15 is 0 Å². The molecule has 0 saturated carbocycles. The van der Waals surface area contributed by atoms with E-state index in [0.29, 0.717) is 17.8 Å². The molecule has 0 spiro atoms. The molecular formula is C21H25ClN6O. The van der Waals surface area contributed by atoms with Crippen molar-refractivity contribution in [2.45, 2.75) is 6.04 Å². The van der Waals surface area contributed by atoms with Gasteiger partial charge < -0.3 is 16.0 Å². The van der Waals surface area contributed by atoms with Crippen LogP contribution in [0.4, 0.5) is 5.69 Å². The van der Waals surface area contributed by atoms with Gasteiger partial charge in [-0.25, -0.2) is 4.52 Å². The summed E-state index contributed by atoms with van der Waals surface area (Å²) < 4.78 is 1.73. The second-order valence-corrected chi connectivity index (χ2v) is 7.80. The van der Waals surface area contributed by atoms with E-state index in [4.69, 9.17) is 17.3 Å². The number of fused-ring (bicyclic) bond motifs is 1. The van der Waals surface area contributed by atoms with Crippen LogP contribution in [0, 0.1) is 0 Å². The maximum Gasteiger partial charge on any atom is 0.252 e. The summed E-state index contributed by atoms with van der Waals surface area (Å²) in [6, 6.07) is 11.8. The van der Waals surface area contributed by atoms with Gasteiger partial charge in [-0.2, -0.15) is 5.10 Å². The van der Waals surface area contributed by atoms with Crippen LogP contribution in [0.1, 0.15) is 22.0 Å². The van der Waals surface area contributed by atoms with Gasteiger partial charge in [0.1, 0.15) is 0 Å². The smallest absolute Gasteiger partial charge is 0.252 e. The van der Waals surface area contributed by atoms with Gasteiger partial charge >= 0.3 is 0 Å². The molecule has 1 saturated heterocycles. The van der Waals surface area contributed by atoms with Crippen LogP contribution in [0.5, 0.6) is 0 Å². The van der Waals surface area contributed by atoms with E-state index in [1.54, 1.807) is 4.52 Å². The van der Waals surface area contributed by atoms with Crippen LogP contribution >= 0.6 is 11.6 Å². The van der Waals surface area contributed by atoms with Crippen molar-refractivity contribution in [1.82, 2.24) is 19.4 Å². The topological polar surface area (TPSA) is 78.9 Å². The number of carbonyl (C=O) groups excluding carboxylic acids is 1. The fraction of sp³-hybridized carbons (Fsp3) is 0.333. The van der Waals surface area contributed by atoms with Gasteiger partial charge in [0.05, 0.1) is 29.0 Å². The SMILES string of the molecule is CN1CCN(C(CNc2c(C(N)=O)cnn3cccc23)c2ccccc2Cl)CC1. The lowest BCUT2D eigenvalue weighted by Gasteiger charge is -2.38. The van der Waals surface area contributed by atoms with Crippen LogP contribution in [0.25, 0.3) is 5.52 Å². The average Bonchev–Trinajstić information content (AvgIpc) is 3.19. The Morgan fingerprint density at radius 1 is 1.21 bits per heavy atom. The van der Waals surface area contributed by atoms with E-state index in [1.165, 1.54) is 6.20 Å². The molecule has 3 N–H and O–H groups in total. The number of rotatable bonds is 6. The summed E-state index contributed by atoms with van der Waals surface area (Å²) in [5.74, 6) is -0.502. The number of nitrogens with one attached hydrogen (secondary N) is 1. The minimum atomic E-state index is -0.502. The number of piperazine rings is 1. The molecule has 1 aliphatic heterocycles. The number of likely N-dealkylation sites (N-methyl/N-ethyl adjacent to an activating group) is 1. The second-order valence-electron chi connectivity index (χ2n) is 7.39. The third-order valence-corrected chi connectivity index (χ3v) is 5.89. The Morgan fingerprint density at radius 3 is 2.69 bits per heavy atom. The first-order valence-corrected chi connectivity index (χ1v) is 10.1. The lowest BCUT2D eigenvalue weighted by Crippen LogP contribution is -2.47. The molecule has 8 heteroatoms. The first-order valence-electron chi connectivity index (χ1n) is 9.71. The van der Waals surface area contributed by atoms with Crippen LogP contribution in [-0.2, 0) is 0 Å². The van der Waals surface area contributed by atoms with Crippen molar-refractivity contribution in [3.63, 3.8) is 0 Å². The number of hydrogen-bond acceptors (Lipinski definition) is 5. The number of hydrogen-bond donors (Lipinski definition) is 2. The molecule has 3 heterocycles. The molecule has 0 radical (unpaired) electrons. The van der Waals surface area contributed by atoms with Crippen molar-refractivity contribution >= 4 is 28.7 Å². The molecule has 1 unspecified atom stereocenters. The minimum absolute atomic E-state index is 0.0707. The van der Waals surface area contributed by atoms with Gasteiger partial charge in [-0.15, -0.1) is 0 Å². The van der Waals surface area contributed by atoms with Gasteiger partial charge in [-0.05, 0) is 30.8 Å². The van der Waals surface area contributed by atoms with E-state index in [0.717, 1.165) is 42.3 Å². The zero-order valence-corrected chi connectivity index (χ0v) is 17.1. The number of carbonyl (C=O) groups is 1. The molecular weight excluding hydrogens is 388 g/mol. The molecule has 2 aromatic heterocycles. The van der Waals surface area contributed by atoms with Gasteiger partial charge in [-0.3, -0.25) is 9.69 Å². The summed E-state index contributed by atoms with van der Waals surface area (Å²) in [7, 11) is 2.14. The van der Waals surface area contributed by atoms with Crippen LogP contribution in [0.3, 0.4) is 0 Å². The number of halogens is 1. The Morgan fingerprint density at radius 2 is 1.97 bits per heavy atom. The molecule has 1 atom stereocenters. The van der Waals surface area contributed by atoms with Gasteiger partial charge in [0.25, 0.3) is 5.91 Å². The molecule has 152 valence electrons. The number of benzene rings is 1. The molecule has 1 aliphatic rings. The Balaban J connectivity index is 1.66. The highest BCUT2D eigenvalue weighted by Gasteiger charge is 2.26. The predicted molar refractivity (Wildman–Crippen MR) is 115 cm³/mol. The minimum Gasteiger partial charge on any atom is -0.381 e. The zero-order chi connectivity index (χ0) is 20.4. The van der Waals surface area contributed by atoms with E-state index in [2.05, 4.69) is 33.3 Å². The summed E-state index contributed by atoms with van der Waals surface area (Å²) in [6.45, 7) is 4.51. The van der Waals surface area contributed by atoms with Crippen molar-refractivity contribution in [2.24, 2.45) is 5.73 Å². The maximum absolute atomic E-state index is 12.0. The first-order chi connectivity index (χ1) is 14.0. The van der Waals surface area contributed by atoms with E-state index in [9.17, 15) is 4.79 Å². The third-order valence-electron chi connectivity index (χ3n) is 5.55. The third kappa shape index (κ3) is 4.07. The monoisotopic (exact) mass is 412 g/mol. The van der Waals surface area contributed by atoms with E-state index in [-0.39, 0.29) is 6.04 Å². The molecule has 1 amide bonds. The quantitative estimate of drug-likeness (QED) is 0.650. The van der Waals surface area contributed by atoms with Crippen molar-refractivity contribution in [1.29, 1.82) is 0 Å². The average molecular weight is 413 g/mol. The summed E-state index contributed by atoms with van der Waals surface area (Å²) in [5.41, 5.74) is 8.58. The Labute approximate surface area is 175 Å². The second kappa shape index (κ2) is 8.41. The lowest BCUT2D eigenvalue weighted by molar-refractivity contribution is 0.100. The van der Waals surface area contributed by atoms with Crippen molar-refractivity contribution in [3.8, 4) is 0 Å². The van der Waals surface area contributed by atoms with E-state index in [1.807, 2.05) is 36.5 Å². The molecule has 7 nitrogen and oxygen atoms in total. The number of nitrogens with two attached hydrogens (primary N) is 1. The molecule has 0 bridgehead atoms. The normalized spacial score (nSPS) is 16.8. The molecule has 29 heavy (non-hydrogen) atoms. The summed E-state index contributed by atoms with van der Waals surface area (Å²) in [6.07, 6.45) is 3.36. The Kier molecular flexibility index (Phi) is 5.71. The fourth-order valence-corrected chi connectivity index (χ4v) is 4.14. The van der Waals surface area contributed by atoms with Crippen molar-refractivity contribution < 1.29 is 4.79 Å². The fourth-order valence-electron chi connectivity index (χ4n) is 3.88. The van der Waals surface area contributed by atoms with Gasteiger partial charge in [0.15, 0.2) is 0 Å². The van der Waals surface area contributed by atoms with Gasteiger partial charge in [0, 0.05) is 43.9 Å². The maximum atomic E-state index is 12.0. The molecule has 0 aliphatic carbocycles. The Hall–Kier alpha value is -2.61. The van der Waals surface area contributed by atoms with E-state index < -0.39 is 5.91 Å². The van der Waals surface area contributed by atoms with Crippen LogP contribution in [0.2, 0.25) is 5.02 Å². The predicted octanol–water partition coefficient (Wildman–Crippen LogP) is 2.49. The highest BCUT2D eigenvalue weighted by Crippen LogP contribution is 2.30. The van der Waals surface area contributed by atoms with Crippen molar-refractivity contribution in [2.75, 3.05) is 45.1 Å². The number of nitrogens with zero attached hydrogens (tertiary/aromatic N) is 4. The highest BCUT2D eigenvalue weighted by molar-refractivity contribution is 6.31. The molecule has 1 aromatic carbocycles. The number of aromatic nitrogens is 2. The highest BCUT2D eigenvalue weighted by atomic mass is 35.5. The zero-order valence-electron chi connectivity index (χ0n) is 16.4. The lowest BCUT2D eigenvalue weighted by atomic mass is 10.0. The number of primary amides is 1. The largest absolute Gasteiger partial charge is 0.381 e. The summed E-state index contributed by atoms with van der Waals surface area (Å²) in [4.78, 5) is 16.8. The van der Waals surface area contributed by atoms with Crippen LogP contribution in [-0.4, -0.2) is 65.1 Å².